The van der Waals surface area contributed by atoms with Crippen LogP contribution in [0.25, 0.3) is 22.1 Å². The molecule has 0 aliphatic carbocycles. The van der Waals surface area contributed by atoms with Crippen molar-refractivity contribution in [1.29, 1.82) is 0 Å². The molecule has 1 aliphatic rings. The number of amides is 1. The summed E-state index contributed by atoms with van der Waals surface area (Å²) in [6, 6.07) is 7.36. The topological polar surface area (TPSA) is 98.4 Å². The number of ether oxygens (including phenoxy) is 1. The summed E-state index contributed by atoms with van der Waals surface area (Å²) in [5, 5.41) is 7.08. The van der Waals surface area contributed by atoms with E-state index in [0.717, 1.165) is 31.3 Å². The Bertz CT molecular complexity index is 1040. The third-order valence-corrected chi connectivity index (χ3v) is 5.44. The van der Waals surface area contributed by atoms with E-state index in [9.17, 15) is 9.59 Å². The maximum absolute atomic E-state index is 12.7. The van der Waals surface area contributed by atoms with Crippen molar-refractivity contribution < 1.29 is 13.9 Å². The van der Waals surface area contributed by atoms with E-state index in [1.807, 2.05) is 18.2 Å². The Morgan fingerprint density at radius 2 is 2.14 bits per heavy atom. The molecule has 3 aromatic rings. The molecule has 1 aromatic carbocycles. The molecule has 0 atom stereocenters. The Labute approximate surface area is 161 Å². The lowest BCUT2D eigenvalue weighted by Gasteiger charge is -2.37. The highest BCUT2D eigenvalue weighted by Gasteiger charge is 2.32. The molecule has 2 aromatic heterocycles. The number of nitrogens with zero attached hydrogens (tertiary/aromatic N) is 2. The van der Waals surface area contributed by atoms with E-state index < -0.39 is 0 Å². The molecular formula is C20H24N4O4. The average molecular weight is 384 g/mol. The van der Waals surface area contributed by atoms with Gasteiger partial charge < -0.3 is 19.8 Å². The van der Waals surface area contributed by atoms with Crippen LogP contribution in [0.3, 0.4) is 0 Å². The summed E-state index contributed by atoms with van der Waals surface area (Å²) >= 11 is 0. The molecule has 3 heterocycles. The molecule has 148 valence electrons. The molecule has 4 rings (SSSR count). The Morgan fingerprint density at radius 1 is 1.36 bits per heavy atom. The Kier molecular flexibility index (Phi) is 5.15. The Morgan fingerprint density at radius 3 is 2.93 bits per heavy atom. The van der Waals surface area contributed by atoms with Gasteiger partial charge in [0.2, 0.25) is 11.5 Å². The molecule has 1 amide bonds. The highest BCUT2D eigenvalue weighted by atomic mass is 16.5. The number of hydrogen-bond donors (Lipinski definition) is 2. The predicted molar refractivity (Wildman–Crippen MR) is 105 cm³/mol. The molecule has 0 radical (unpaired) electrons. The van der Waals surface area contributed by atoms with E-state index in [1.165, 1.54) is 10.9 Å². The summed E-state index contributed by atoms with van der Waals surface area (Å²) in [5.74, 6) is -0.228. The van der Waals surface area contributed by atoms with Crippen molar-refractivity contribution >= 4 is 28.0 Å². The predicted octanol–water partition coefficient (Wildman–Crippen LogP) is 1.28. The van der Waals surface area contributed by atoms with Crippen LogP contribution in [0.5, 0.6) is 0 Å². The summed E-state index contributed by atoms with van der Waals surface area (Å²) in [6.07, 6.45) is 3.28. The van der Waals surface area contributed by atoms with E-state index >= 15 is 0 Å². The smallest absolute Gasteiger partial charge is 0.297 e. The molecule has 0 saturated carbocycles. The monoisotopic (exact) mass is 384 g/mol. The van der Waals surface area contributed by atoms with Crippen molar-refractivity contribution in [2.24, 2.45) is 5.41 Å². The summed E-state index contributed by atoms with van der Waals surface area (Å²) in [5.41, 5.74) is 0.875. The molecule has 28 heavy (non-hydrogen) atoms. The standard InChI is InChI=1S/C20H24N4O4/c1-27-12-20(6-8-21-9-7-20)11-22-16(25)10-24-13-23-17-14-4-2-3-5-15(14)28-18(17)19(24)26/h2-5,13,21H,6-12H2,1H3,(H,22,25). The van der Waals surface area contributed by atoms with Gasteiger partial charge in [-0.3, -0.25) is 14.2 Å². The number of rotatable bonds is 6. The van der Waals surface area contributed by atoms with E-state index in [0.29, 0.717) is 24.3 Å². The van der Waals surface area contributed by atoms with E-state index in [2.05, 4.69) is 15.6 Å². The maximum Gasteiger partial charge on any atom is 0.297 e. The van der Waals surface area contributed by atoms with Crippen LogP contribution in [0.15, 0.2) is 39.8 Å². The number of benzene rings is 1. The molecular weight excluding hydrogens is 360 g/mol. The minimum atomic E-state index is -0.357. The number of furan rings is 1. The van der Waals surface area contributed by atoms with Gasteiger partial charge in [-0.15, -0.1) is 0 Å². The lowest BCUT2D eigenvalue weighted by Crippen LogP contribution is -2.48. The molecule has 1 aliphatic heterocycles. The number of piperidine rings is 1. The van der Waals surface area contributed by atoms with Crippen LogP contribution in [0.2, 0.25) is 0 Å². The molecule has 8 heteroatoms. The minimum Gasteiger partial charge on any atom is -0.448 e. The molecule has 8 nitrogen and oxygen atoms in total. The lowest BCUT2D eigenvalue weighted by atomic mass is 9.79. The Balaban J connectivity index is 1.50. The largest absolute Gasteiger partial charge is 0.448 e. The summed E-state index contributed by atoms with van der Waals surface area (Å²) in [7, 11) is 1.68. The maximum atomic E-state index is 12.7. The fourth-order valence-corrected chi connectivity index (χ4v) is 3.86. The van der Waals surface area contributed by atoms with Gasteiger partial charge in [-0.2, -0.15) is 0 Å². The molecule has 0 spiro atoms. The van der Waals surface area contributed by atoms with Crippen LogP contribution in [0.4, 0.5) is 0 Å². The second-order valence-corrected chi connectivity index (χ2v) is 7.41. The van der Waals surface area contributed by atoms with Crippen LogP contribution >= 0.6 is 0 Å². The van der Waals surface area contributed by atoms with Gasteiger partial charge in [0.1, 0.15) is 17.6 Å². The number of fused-ring (bicyclic) bond motifs is 3. The second-order valence-electron chi connectivity index (χ2n) is 7.41. The lowest BCUT2D eigenvalue weighted by molar-refractivity contribution is -0.122. The average Bonchev–Trinajstić information content (AvgIpc) is 3.09. The number of methoxy groups -OCH3 is 1. The number of nitrogens with one attached hydrogen (secondary N) is 2. The van der Waals surface area contributed by atoms with Crippen molar-refractivity contribution in [2.75, 3.05) is 33.4 Å². The van der Waals surface area contributed by atoms with E-state index in [4.69, 9.17) is 9.15 Å². The van der Waals surface area contributed by atoms with Crippen molar-refractivity contribution in [3.8, 4) is 0 Å². The van der Waals surface area contributed by atoms with Gasteiger partial charge in [0, 0.05) is 24.5 Å². The first-order chi connectivity index (χ1) is 13.6. The van der Waals surface area contributed by atoms with Crippen molar-refractivity contribution in [3.05, 3.63) is 40.9 Å². The molecule has 2 N–H and O–H groups in total. The molecule has 1 fully saturated rings. The van der Waals surface area contributed by atoms with Crippen LogP contribution in [-0.2, 0) is 16.1 Å². The van der Waals surface area contributed by atoms with Gasteiger partial charge in [-0.05, 0) is 38.1 Å². The molecule has 0 bridgehead atoms. The zero-order chi connectivity index (χ0) is 19.6. The number of hydrogen-bond acceptors (Lipinski definition) is 6. The van der Waals surface area contributed by atoms with Gasteiger partial charge in [0.05, 0.1) is 12.9 Å². The first-order valence-corrected chi connectivity index (χ1v) is 9.45. The van der Waals surface area contributed by atoms with Gasteiger partial charge in [-0.25, -0.2) is 4.98 Å². The van der Waals surface area contributed by atoms with Crippen LogP contribution < -0.4 is 16.2 Å². The minimum absolute atomic E-state index is 0.0679. The first-order valence-electron chi connectivity index (χ1n) is 9.45. The number of carbonyl (C=O) groups is 1. The fraction of sp³-hybridized carbons (Fsp3) is 0.450. The number of carbonyl (C=O) groups excluding carboxylic acids is 1. The quantitative estimate of drug-likeness (QED) is 0.664. The molecule has 0 unspecified atom stereocenters. The van der Waals surface area contributed by atoms with E-state index in [1.54, 1.807) is 13.2 Å². The Hall–Kier alpha value is -2.71. The van der Waals surface area contributed by atoms with Crippen molar-refractivity contribution in [2.45, 2.75) is 19.4 Å². The number of para-hydroxylation sites is 1. The van der Waals surface area contributed by atoms with E-state index in [-0.39, 0.29) is 29.0 Å². The van der Waals surface area contributed by atoms with Crippen molar-refractivity contribution in [3.63, 3.8) is 0 Å². The zero-order valence-electron chi connectivity index (χ0n) is 15.9. The summed E-state index contributed by atoms with van der Waals surface area (Å²) in [4.78, 5) is 29.5. The summed E-state index contributed by atoms with van der Waals surface area (Å²) in [6.45, 7) is 2.84. The summed E-state index contributed by atoms with van der Waals surface area (Å²) < 4.78 is 12.3. The third kappa shape index (κ3) is 3.53. The normalized spacial score (nSPS) is 16.5. The molecule has 1 saturated heterocycles. The third-order valence-electron chi connectivity index (χ3n) is 5.44. The van der Waals surface area contributed by atoms with Gasteiger partial charge in [0.15, 0.2) is 0 Å². The van der Waals surface area contributed by atoms with Crippen molar-refractivity contribution in [1.82, 2.24) is 20.2 Å². The van der Waals surface area contributed by atoms with Gasteiger partial charge >= 0.3 is 0 Å². The van der Waals surface area contributed by atoms with Crippen LogP contribution in [0.1, 0.15) is 12.8 Å². The van der Waals surface area contributed by atoms with Crippen LogP contribution in [-0.4, -0.2) is 48.8 Å². The van der Waals surface area contributed by atoms with Gasteiger partial charge in [-0.1, -0.05) is 12.1 Å². The fourth-order valence-electron chi connectivity index (χ4n) is 3.86. The zero-order valence-corrected chi connectivity index (χ0v) is 15.9. The SMILES string of the molecule is COCC1(CNC(=O)Cn2cnc3c(oc4ccccc43)c2=O)CCNCC1. The highest BCUT2D eigenvalue weighted by molar-refractivity contribution is 6.01. The second kappa shape index (κ2) is 7.73. The van der Waals surface area contributed by atoms with Crippen LogP contribution in [0, 0.1) is 5.41 Å². The highest BCUT2D eigenvalue weighted by Crippen LogP contribution is 2.28. The van der Waals surface area contributed by atoms with Gasteiger partial charge in [0.25, 0.3) is 5.56 Å². The number of aromatic nitrogens is 2. The first kappa shape index (κ1) is 18.6.